The van der Waals surface area contributed by atoms with E-state index < -0.39 is 11.6 Å². The maximum atomic E-state index is 12.9. The van der Waals surface area contributed by atoms with Crippen LogP contribution in [-0.2, 0) is 6.54 Å². The minimum absolute atomic E-state index is 0.300. The van der Waals surface area contributed by atoms with Gasteiger partial charge in [0.15, 0.2) is 11.6 Å². The highest BCUT2D eigenvalue weighted by atomic mass is 35.5. The van der Waals surface area contributed by atoms with Gasteiger partial charge in [-0.15, -0.1) is 0 Å². The van der Waals surface area contributed by atoms with Crippen LogP contribution >= 0.6 is 11.6 Å². The van der Waals surface area contributed by atoms with Gasteiger partial charge in [0.1, 0.15) is 17.2 Å². The maximum Gasteiger partial charge on any atom is 0.159 e. The van der Waals surface area contributed by atoms with Gasteiger partial charge in [-0.3, -0.25) is 0 Å². The topological polar surface area (TPSA) is 37.8 Å². The smallest absolute Gasteiger partial charge is 0.159 e. The molecular formula is C11H8ClF2N3. The Morgan fingerprint density at radius 3 is 2.76 bits per heavy atom. The first kappa shape index (κ1) is 11.7. The molecule has 17 heavy (non-hydrogen) atoms. The summed E-state index contributed by atoms with van der Waals surface area (Å²) < 4.78 is 25.6. The van der Waals surface area contributed by atoms with E-state index in [1.165, 1.54) is 18.6 Å². The van der Waals surface area contributed by atoms with E-state index in [2.05, 4.69) is 15.3 Å². The molecular weight excluding hydrogens is 248 g/mol. The lowest BCUT2D eigenvalue weighted by molar-refractivity contribution is 0.507. The second-order valence-electron chi connectivity index (χ2n) is 3.32. The summed E-state index contributed by atoms with van der Waals surface area (Å²) in [5.41, 5.74) is 0.596. The Balaban J connectivity index is 2.08. The monoisotopic (exact) mass is 255 g/mol. The fourth-order valence-corrected chi connectivity index (χ4v) is 1.45. The molecule has 0 spiro atoms. The quantitative estimate of drug-likeness (QED) is 0.916. The normalized spacial score (nSPS) is 10.3. The minimum atomic E-state index is -0.877. The number of aromatic nitrogens is 2. The lowest BCUT2D eigenvalue weighted by atomic mass is 10.2. The van der Waals surface area contributed by atoms with Gasteiger partial charge in [0.05, 0.1) is 6.20 Å². The first-order chi connectivity index (χ1) is 8.16. The van der Waals surface area contributed by atoms with E-state index >= 15 is 0 Å². The zero-order valence-electron chi connectivity index (χ0n) is 8.62. The van der Waals surface area contributed by atoms with E-state index in [1.54, 1.807) is 0 Å². The van der Waals surface area contributed by atoms with Crippen molar-refractivity contribution in [2.75, 3.05) is 5.32 Å². The van der Waals surface area contributed by atoms with Gasteiger partial charge >= 0.3 is 0 Å². The molecule has 0 aliphatic heterocycles. The van der Waals surface area contributed by atoms with E-state index in [1.807, 2.05) is 0 Å². The van der Waals surface area contributed by atoms with Crippen LogP contribution in [-0.4, -0.2) is 9.97 Å². The van der Waals surface area contributed by atoms with E-state index in [9.17, 15) is 8.78 Å². The van der Waals surface area contributed by atoms with Crippen LogP contribution < -0.4 is 5.32 Å². The lowest BCUT2D eigenvalue weighted by Crippen LogP contribution is -2.03. The first-order valence-corrected chi connectivity index (χ1v) is 5.18. The third-order valence-electron chi connectivity index (χ3n) is 2.11. The van der Waals surface area contributed by atoms with Crippen molar-refractivity contribution in [1.29, 1.82) is 0 Å². The molecule has 0 saturated heterocycles. The summed E-state index contributed by atoms with van der Waals surface area (Å²) in [5.74, 6) is -1.29. The van der Waals surface area contributed by atoms with Gasteiger partial charge in [-0.05, 0) is 17.7 Å². The van der Waals surface area contributed by atoms with Gasteiger partial charge in [0.2, 0.25) is 0 Å². The molecule has 2 aromatic rings. The third-order valence-corrected chi connectivity index (χ3v) is 2.39. The summed E-state index contributed by atoms with van der Waals surface area (Å²) in [6, 6.07) is 3.69. The molecule has 0 atom stereocenters. The number of nitrogens with zero attached hydrogens (tertiary/aromatic N) is 2. The van der Waals surface area contributed by atoms with Crippen LogP contribution in [0.1, 0.15) is 5.56 Å². The van der Waals surface area contributed by atoms with E-state index in [0.29, 0.717) is 22.9 Å². The predicted octanol–water partition coefficient (Wildman–Crippen LogP) is 3.02. The van der Waals surface area contributed by atoms with Gasteiger partial charge in [-0.1, -0.05) is 17.7 Å². The van der Waals surface area contributed by atoms with E-state index in [-0.39, 0.29) is 0 Å². The Hall–Kier alpha value is -1.75. The summed E-state index contributed by atoms with van der Waals surface area (Å²) in [6.45, 7) is 0.300. The highest BCUT2D eigenvalue weighted by Gasteiger charge is 2.04. The van der Waals surface area contributed by atoms with Crippen molar-refractivity contribution in [1.82, 2.24) is 9.97 Å². The maximum absolute atomic E-state index is 12.9. The molecule has 2 rings (SSSR count). The number of hydrogen-bond donors (Lipinski definition) is 1. The zero-order valence-corrected chi connectivity index (χ0v) is 9.38. The third kappa shape index (κ3) is 2.88. The first-order valence-electron chi connectivity index (χ1n) is 4.80. The van der Waals surface area contributed by atoms with Crippen LogP contribution in [0.3, 0.4) is 0 Å². The Kier molecular flexibility index (Phi) is 3.49. The number of anilines is 1. The van der Waals surface area contributed by atoms with Crippen LogP contribution in [0.15, 0.2) is 30.7 Å². The van der Waals surface area contributed by atoms with Gasteiger partial charge in [-0.25, -0.2) is 18.7 Å². The molecule has 1 aromatic heterocycles. The summed E-state index contributed by atoms with van der Waals surface area (Å²) >= 11 is 5.83. The summed E-state index contributed by atoms with van der Waals surface area (Å²) in [7, 11) is 0. The summed E-state index contributed by atoms with van der Waals surface area (Å²) in [5, 5.41) is 3.27. The standard InChI is InChI=1S/C11H8ClF2N3/c12-8-5-15-6-17-11(8)16-4-7-1-2-9(13)10(14)3-7/h1-3,5-6H,4H2,(H,15,16,17). The molecule has 0 radical (unpaired) electrons. The average molecular weight is 256 g/mol. The van der Waals surface area contributed by atoms with Gasteiger partial charge in [-0.2, -0.15) is 0 Å². The lowest BCUT2D eigenvalue weighted by Gasteiger charge is -2.06. The van der Waals surface area contributed by atoms with Crippen molar-refractivity contribution in [2.24, 2.45) is 0 Å². The van der Waals surface area contributed by atoms with Crippen LogP contribution in [0.4, 0.5) is 14.6 Å². The average Bonchev–Trinajstić information content (AvgIpc) is 2.32. The SMILES string of the molecule is Fc1ccc(CNc2ncncc2Cl)cc1F. The molecule has 0 fully saturated rings. The molecule has 1 N–H and O–H groups in total. The Labute approximate surface area is 101 Å². The second-order valence-corrected chi connectivity index (χ2v) is 3.73. The van der Waals surface area contributed by atoms with Gasteiger partial charge in [0, 0.05) is 6.54 Å². The number of benzene rings is 1. The number of halogens is 3. The van der Waals surface area contributed by atoms with Crippen molar-refractivity contribution in [3.05, 3.63) is 52.9 Å². The molecule has 0 aliphatic rings. The van der Waals surface area contributed by atoms with Crippen molar-refractivity contribution in [3.8, 4) is 0 Å². The Bertz CT molecular complexity index is 534. The summed E-state index contributed by atoms with van der Waals surface area (Å²) in [6.07, 6.45) is 2.79. The van der Waals surface area contributed by atoms with Gasteiger partial charge < -0.3 is 5.32 Å². The largest absolute Gasteiger partial charge is 0.365 e. The number of nitrogens with one attached hydrogen (secondary N) is 1. The summed E-state index contributed by atoms with van der Waals surface area (Å²) in [4.78, 5) is 7.64. The Morgan fingerprint density at radius 2 is 2.06 bits per heavy atom. The van der Waals surface area contributed by atoms with Crippen LogP contribution in [0, 0.1) is 11.6 Å². The molecule has 3 nitrogen and oxygen atoms in total. The molecule has 0 saturated carbocycles. The number of rotatable bonds is 3. The molecule has 88 valence electrons. The highest BCUT2D eigenvalue weighted by Crippen LogP contribution is 2.17. The zero-order chi connectivity index (χ0) is 12.3. The highest BCUT2D eigenvalue weighted by molar-refractivity contribution is 6.32. The van der Waals surface area contributed by atoms with Crippen molar-refractivity contribution < 1.29 is 8.78 Å². The molecule has 0 amide bonds. The van der Waals surface area contributed by atoms with E-state index in [0.717, 1.165) is 12.1 Å². The van der Waals surface area contributed by atoms with Crippen molar-refractivity contribution in [3.63, 3.8) is 0 Å². The fraction of sp³-hybridized carbons (Fsp3) is 0.0909. The predicted molar refractivity (Wildman–Crippen MR) is 60.7 cm³/mol. The molecule has 0 bridgehead atoms. The fourth-order valence-electron chi connectivity index (χ4n) is 1.28. The minimum Gasteiger partial charge on any atom is -0.365 e. The van der Waals surface area contributed by atoms with Crippen LogP contribution in [0.2, 0.25) is 5.02 Å². The van der Waals surface area contributed by atoms with E-state index in [4.69, 9.17) is 11.6 Å². The second kappa shape index (κ2) is 5.05. The van der Waals surface area contributed by atoms with Crippen molar-refractivity contribution in [2.45, 2.75) is 6.54 Å². The number of hydrogen-bond acceptors (Lipinski definition) is 3. The Morgan fingerprint density at radius 1 is 1.24 bits per heavy atom. The van der Waals surface area contributed by atoms with Crippen LogP contribution in [0.25, 0.3) is 0 Å². The molecule has 6 heteroatoms. The molecule has 0 unspecified atom stereocenters. The van der Waals surface area contributed by atoms with Crippen LogP contribution in [0.5, 0.6) is 0 Å². The van der Waals surface area contributed by atoms with Crippen molar-refractivity contribution >= 4 is 17.4 Å². The molecule has 1 aromatic carbocycles. The molecule has 0 aliphatic carbocycles. The molecule has 1 heterocycles. The van der Waals surface area contributed by atoms with Gasteiger partial charge in [0.25, 0.3) is 0 Å².